The normalized spacial score (nSPS) is 23.2. The summed E-state index contributed by atoms with van der Waals surface area (Å²) in [4.78, 5) is 12.3. The zero-order chi connectivity index (χ0) is 17.2. The summed E-state index contributed by atoms with van der Waals surface area (Å²) in [6.45, 7) is 2.70. The molecule has 0 unspecified atom stereocenters. The first-order valence-corrected chi connectivity index (χ1v) is 9.00. The molecule has 1 saturated heterocycles. The second-order valence-electron chi connectivity index (χ2n) is 6.98. The van der Waals surface area contributed by atoms with Crippen molar-refractivity contribution in [2.45, 2.75) is 44.8 Å². The summed E-state index contributed by atoms with van der Waals surface area (Å²) in [5.41, 5.74) is 1.95. The molecule has 6 nitrogen and oxygen atoms in total. The summed E-state index contributed by atoms with van der Waals surface area (Å²) in [6.07, 6.45) is 4.63. The smallest absolute Gasteiger partial charge is 0.320 e. The van der Waals surface area contributed by atoms with Crippen molar-refractivity contribution in [3.63, 3.8) is 0 Å². The number of aromatic nitrogens is 2. The van der Waals surface area contributed by atoms with Crippen LogP contribution in [0, 0.1) is 12.8 Å². The molecule has 0 spiro atoms. The van der Waals surface area contributed by atoms with Crippen molar-refractivity contribution in [1.29, 1.82) is 0 Å². The van der Waals surface area contributed by atoms with Crippen molar-refractivity contribution >= 4 is 11.8 Å². The van der Waals surface area contributed by atoms with Gasteiger partial charge < -0.3 is 10.1 Å². The van der Waals surface area contributed by atoms with Gasteiger partial charge in [-0.3, -0.25) is 5.32 Å². The molecule has 1 saturated carbocycles. The number of carbonyl (C=O) groups is 1. The van der Waals surface area contributed by atoms with Crippen molar-refractivity contribution in [3.05, 3.63) is 42.1 Å². The van der Waals surface area contributed by atoms with E-state index in [1.807, 2.05) is 48.0 Å². The molecule has 4 rings (SSSR count). The average Bonchev–Trinajstić information content (AvgIpc) is 3.40. The predicted molar refractivity (Wildman–Crippen MR) is 95.9 cm³/mol. The SMILES string of the molecule is Cc1cc(NC(=O)N[C@H]2CCO[C@H](C3CC3)C2)nn1-c1ccccc1. The number of carbonyl (C=O) groups excluding carboxylic acids is 1. The highest BCUT2D eigenvalue weighted by Gasteiger charge is 2.36. The summed E-state index contributed by atoms with van der Waals surface area (Å²) in [6, 6.07) is 11.8. The molecule has 1 aromatic heterocycles. The van der Waals surface area contributed by atoms with E-state index in [-0.39, 0.29) is 12.1 Å². The summed E-state index contributed by atoms with van der Waals surface area (Å²) in [7, 11) is 0. The van der Waals surface area contributed by atoms with Gasteiger partial charge in [0.05, 0.1) is 11.8 Å². The zero-order valence-electron chi connectivity index (χ0n) is 14.4. The van der Waals surface area contributed by atoms with Crippen LogP contribution in [0.4, 0.5) is 10.6 Å². The van der Waals surface area contributed by atoms with Gasteiger partial charge in [0.25, 0.3) is 0 Å². The quantitative estimate of drug-likeness (QED) is 0.898. The predicted octanol–water partition coefficient (Wildman–Crippen LogP) is 3.26. The van der Waals surface area contributed by atoms with Gasteiger partial charge in [0.15, 0.2) is 5.82 Å². The fourth-order valence-electron chi connectivity index (χ4n) is 3.46. The number of ether oxygens (including phenoxy) is 1. The molecular formula is C19H24N4O2. The minimum Gasteiger partial charge on any atom is -0.378 e. The highest BCUT2D eigenvalue weighted by atomic mass is 16.5. The van der Waals surface area contributed by atoms with Crippen molar-refractivity contribution < 1.29 is 9.53 Å². The molecule has 2 heterocycles. The topological polar surface area (TPSA) is 68.2 Å². The van der Waals surface area contributed by atoms with Crippen LogP contribution in [0.2, 0.25) is 0 Å². The van der Waals surface area contributed by atoms with Gasteiger partial charge >= 0.3 is 6.03 Å². The molecule has 2 fully saturated rings. The van der Waals surface area contributed by atoms with E-state index >= 15 is 0 Å². The van der Waals surface area contributed by atoms with E-state index < -0.39 is 0 Å². The maximum Gasteiger partial charge on any atom is 0.320 e. The third-order valence-electron chi connectivity index (χ3n) is 4.93. The van der Waals surface area contributed by atoms with Gasteiger partial charge in [-0.2, -0.15) is 0 Å². The zero-order valence-corrected chi connectivity index (χ0v) is 14.4. The lowest BCUT2D eigenvalue weighted by Crippen LogP contribution is -2.44. The van der Waals surface area contributed by atoms with Crippen molar-refractivity contribution in [3.8, 4) is 5.69 Å². The summed E-state index contributed by atoms with van der Waals surface area (Å²) < 4.78 is 7.64. The number of rotatable bonds is 4. The molecular weight excluding hydrogens is 316 g/mol. The maximum atomic E-state index is 12.3. The van der Waals surface area contributed by atoms with Gasteiger partial charge in [0, 0.05) is 24.4 Å². The first kappa shape index (κ1) is 16.1. The van der Waals surface area contributed by atoms with Crippen LogP contribution in [-0.4, -0.2) is 34.6 Å². The highest BCUT2D eigenvalue weighted by Crippen LogP contribution is 2.38. The number of para-hydroxylation sites is 1. The van der Waals surface area contributed by atoms with Crippen molar-refractivity contribution in [1.82, 2.24) is 15.1 Å². The third kappa shape index (κ3) is 3.85. The number of anilines is 1. The number of aryl methyl sites for hydroxylation is 1. The van der Waals surface area contributed by atoms with Gasteiger partial charge in [0.1, 0.15) is 0 Å². The number of urea groups is 1. The summed E-state index contributed by atoms with van der Waals surface area (Å²) >= 11 is 0. The molecule has 2 N–H and O–H groups in total. The van der Waals surface area contributed by atoms with Crippen molar-refractivity contribution in [2.24, 2.45) is 5.92 Å². The van der Waals surface area contributed by atoms with Crippen LogP contribution in [0.15, 0.2) is 36.4 Å². The van der Waals surface area contributed by atoms with Crippen LogP contribution in [0.3, 0.4) is 0 Å². The minimum absolute atomic E-state index is 0.177. The van der Waals surface area contributed by atoms with Gasteiger partial charge in [-0.05, 0) is 50.7 Å². The third-order valence-corrected chi connectivity index (χ3v) is 4.93. The molecule has 0 radical (unpaired) electrons. The largest absolute Gasteiger partial charge is 0.378 e. The fraction of sp³-hybridized carbons (Fsp3) is 0.474. The second-order valence-corrected chi connectivity index (χ2v) is 6.98. The Hall–Kier alpha value is -2.34. The van der Waals surface area contributed by atoms with Gasteiger partial charge in [0.2, 0.25) is 0 Å². The lowest BCUT2D eigenvalue weighted by atomic mass is 10.0. The van der Waals surface area contributed by atoms with E-state index in [9.17, 15) is 4.79 Å². The maximum absolute atomic E-state index is 12.3. The number of nitrogens with one attached hydrogen (secondary N) is 2. The standard InChI is InChI=1S/C19H24N4O2/c1-13-11-18(22-23(13)16-5-3-2-4-6-16)21-19(24)20-15-9-10-25-17(12-15)14-7-8-14/h2-6,11,14-15,17H,7-10,12H2,1H3,(H2,20,21,22,24)/t15-,17-/m0/s1. The number of amides is 2. The van der Waals surface area contributed by atoms with E-state index in [0.29, 0.717) is 17.8 Å². The Bertz CT molecular complexity index is 739. The van der Waals surface area contributed by atoms with Crippen LogP contribution < -0.4 is 10.6 Å². The van der Waals surface area contributed by atoms with E-state index in [1.165, 1.54) is 12.8 Å². The van der Waals surface area contributed by atoms with Crippen LogP contribution in [-0.2, 0) is 4.74 Å². The van der Waals surface area contributed by atoms with E-state index in [2.05, 4.69) is 15.7 Å². The summed E-state index contributed by atoms with van der Waals surface area (Å²) in [5, 5.41) is 10.4. The molecule has 2 atom stereocenters. The lowest BCUT2D eigenvalue weighted by Gasteiger charge is -2.30. The molecule has 132 valence electrons. The molecule has 2 aliphatic rings. The molecule has 2 aromatic rings. The van der Waals surface area contributed by atoms with E-state index in [1.54, 1.807) is 0 Å². The Balaban J connectivity index is 1.36. The Morgan fingerprint density at radius 2 is 2.04 bits per heavy atom. The number of hydrogen-bond donors (Lipinski definition) is 2. The highest BCUT2D eigenvalue weighted by molar-refractivity contribution is 5.88. The van der Waals surface area contributed by atoms with Gasteiger partial charge in [-0.15, -0.1) is 5.10 Å². The first-order chi connectivity index (χ1) is 12.2. The molecule has 1 aromatic carbocycles. The van der Waals surface area contributed by atoms with Gasteiger partial charge in [-0.1, -0.05) is 18.2 Å². The average molecular weight is 340 g/mol. The first-order valence-electron chi connectivity index (χ1n) is 9.00. The number of benzene rings is 1. The Morgan fingerprint density at radius 3 is 2.80 bits per heavy atom. The number of nitrogens with zero attached hydrogens (tertiary/aromatic N) is 2. The fourth-order valence-corrected chi connectivity index (χ4v) is 3.46. The molecule has 2 amide bonds. The van der Waals surface area contributed by atoms with Crippen LogP contribution in [0.1, 0.15) is 31.4 Å². The second kappa shape index (κ2) is 6.88. The van der Waals surface area contributed by atoms with Crippen LogP contribution in [0.5, 0.6) is 0 Å². The van der Waals surface area contributed by atoms with Crippen molar-refractivity contribution in [2.75, 3.05) is 11.9 Å². The Kier molecular flexibility index (Phi) is 4.44. The minimum atomic E-state index is -0.195. The molecule has 1 aliphatic heterocycles. The molecule has 1 aliphatic carbocycles. The Morgan fingerprint density at radius 1 is 1.24 bits per heavy atom. The number of hydrogen-bond acceptors (Lipinski definition) is 3. The van der Waals surface area contributed by atoms with E-state index in [0.717, 1.165) is 30.8 Å². The van der Waals surface area contributed by atoms with Gasteiger partial charge in [-0.25, -0.2) is 9.48 Å². The Labute approximate surface area is 147 Å². The monoisotopic (exact) mass is 340 g/mol. The summed E-state index contributed by atoms with van der Waals surface area (Å²) in [5.74, 6) is 1.27. The lowest BCUT2D eigenvalue weighted by molar-refractivity contribution is -0.00889. The van der Waals surface area contributed by atoms with Crippen LogP contribution in [0.25, 0.3) is 5.69 Å². The van der Waals surface area contributed by atoms with E-state index in [4.69, 9.17) is 4.74 Å². The molecule has 6 heteroatoms. The molecule has 0 bridgehead atoms. The molecule has 25 heavy (non-hydrogen) atoms. The van der Waals surface area contributed by atoms with Crippen LogP contribution >= 0.6 is 0 Å².